The van der Waals surface area contributed by atoms with E-state index in [0.29, 0.717) is 15.9 Å². The van der Waals surface area contributed by atoms with Crippen molar-refractivity contribution >= 4 is 54.0 Å². The van der Waals surface area contributed by atoms with Crippen molar-refractivity contribution in [2.24, 2.45) is 0 Å². The number of aryl methyl sites for hydroxylation is 1. The second-order valence-corrected chi connectivity index (χ2v) is 11.5. The van der Waals surface area contributed by atoms with Crippen LogP contribution < -0.4 is 9.64 Å². The van der Waals surface area contributed by atoms with Gasteiger partial charge in [0.15, 0.2) is 15.0 Å². The average Bonchev–Trinajstić information content (AvgIpc) is 3.32. The lowest BCUT2D eigenvalue weighted by molar-refractivity contribution is -0.118. The molecular weight excluding hydrogens is 506 g/mol. The SMILES string of the molecule is COc1ccc(S(=O)(=O)CCCC(=O)N(Cc2cccnc2)c2nc3c(C)ccc(Cl)c3s2)cc1. The van der Waals surface area contributed by atoms with Crippen LogP contribution in [0.4, 0.5) is 5.13 Å². The molecule has 2 aromatic heterocycles. The molecule has 0 aliphatic carbocycles. The highest BCUT2D eigenvalue weighted by Gasteiger charge is 2.23. The second kappa shape index (κ2) is 10.7. The first kappa shape index (κ1) is 25.1. The van der Waals surface area contributed by atoms with Crippen LogP contribution in [-0.4, -0.2) is 37.2 Å². The molecule has 35 heavy (non-hydrogen) atoms. The number of sulfone groups is 1. The number of benzene rings is 2. The minimum Gasteiger partial charge on any atom is -0.497 e. The van der Waals surface area contributed by atoms with Gasteiger partial charge >= 0.3 is 0 Å². The number of rotatable bonds is 9. The Balaban J connectivity index is 1.54. The van der Waals surface area contributed by atoms with E-state index in [4.69, 9.17) is 21.3 Å². The molecule has 0 fully saturated rings. The normalized spacial score (nSPS) is 11.5. The number of methoxy groups -OCH3 is 1. The predicted molar refractivity (Wildman–Crippen MR) is 139 cm³/mol. The summed E-state index contributed by atoms with van der Waals surface area (Å²) in [5, 5.41) is 1.09. The van der Waals surface area contributed by atoms with Crippen LogP contribution in [0, 0.1) is 6.92 Å². The van der Waals surface area contributed by atoms with E-state index >= 15 is 0 Å². The van der Waals surface area contributed by atoms with E-state index in [2.05, 4.69) is 4.98 Å². The van der Waals surface area contributed by atoms with Crippen LogP contribution in [0.2, 0.25) is 5.02 Å². The van der Waals surface area contributed by atoms with Crippen molar-refractivity contribution in [2.45, 2.75) is 31.2 Å². The standard InChI is InChI=1S/C25H24ClN3O4S2/c1-17-7-12-21(26)24-23(17)28-25(34-24)29(16-18-5-3-13-27-15-18)22(30)6-4-14-35(31,32)20-10-8-19(33-2)9-11-20/h3,5,7-13,15H,4,6,14,16H2,1-2H3. The zero-order valence-electron chi connectivity index (χ0n) is 19.3. The number of carbonyl (C=O) groups excluding carboxylic acids is 1. The van der Waals surface area contributed by atoms with Gasteiger partial charge in [-0.05, 0) is 60.9 Å². The van der Waals surface area contributed by atoms with Crippen LogP contribution >= 0.6 is 22.9 Å². The quantitative estimate of drug-likeness (QED) is 0.286. The van der Waals surface area contributed by atoms with E-state index in [9.17, 15) is 13.2 Å². The van der Waals surface area contributed by atoms with Crippen molar-refractivity contribution < 1.29 is 17.9 Å². The summed E-state index contributed by atoms with van der Waals surface area (Å²) in [5.74, 6) is 0.222. The van der Waals surface area contributed by atoms with Gasteiger partial charge in [-0.3, -0.25) is 14.7 Å². The molecule has 2 aromatic carbocycles. The molecule has 0 spiro atoms. The number of ether oxygens (including phenoxy) is 1. The third-order valence-electron chi connectivity index (χ3n) is 5.50. The third kappa shape index (κ3) is 5.80. The Morgan fingerprint density at radius 3 is 2.57 bits per heavy atom. The number of carbonyl (C=O) groups is 1. The van der Waals surface area contributed by atoms with Crippen molar-refractivity contribution in [1.29, 1.82) is 0 Å². The average molecular weight is 530 g/mol. The van der Waals surface area contributed by atoms with Crippen molar-refractivity contribution in [3.05, 3.63) is 77.1 Å². The highest BCUT2D eigenvalue weighted by molar-refractivity contribution is 7.91. The van der Waals surface area contributed by atoms with E-state index in [1.807, 2.05) is 25.1 Å². The number of hydrogen-bond donors (Lipinski definition) is 0. The molecule has 0 atom stereocenters. The van der Waals surface area contributed by atoms with Crippen LogP contribution in [0.3, 0.4) is 0 Å². The van der Waals surface area contributed by atoms with Crippen LogP contribution in [0.25, 0.3) is 10.2 Å². The molecule has 1 amide bonds. The third-order valence-corrected chi connectivity index (χ3v) is 8.86. The Kier molecular flexibility index (Phi) is 7.69. The molecule has 7 nitrogen and oxygen atoms in total. The summed E-state index contributed by atoms with van der Waals surface area (Å²) >= 11 is 7.72. The summed E-state index contributed by atoms with van der Waals surface area (Å²) < 4.78 is 31.4. The maximum Gasteiger partial charge on any atom is 0.229 e. The van der Waals surface area contributed by atoms with Crippen LogP contribution in [-0.2, 0) is 21.2 Å². The Labute approximate surface area is 213 Å². The van der Waals surface area contributed by atoms with Gasteiger partial charge < -0.3 is 4.74 Å². The number of nitrogens with zero attached hydrogens (tertiary/aromatic N) is 3. The molecule has 0 unspecified atom stereocenters. The molecule has 4 aromatic rings. The molecule has 0 saturated heterocycles. The minimum atomic E-state index is -3.53. The van der Waals surface area contributed by atoms with Gasteiger partial charge in [-0.25, -0.2) is 13.4 Å². The van der Waals surface area contributed by atoms with Gasteiger partial charge in [0.25, 0.3) is 0 Å². The van der Waals surface area contributed by atoms with Gasteiger partial charge in [0.1, 0.15) is 5.75 Å². The fourth-order valence-corrected chi connectivity index (χ4v) is 6.24. The van der Waals surface area contributed by atoms with Gasteiger partial charge in [-0.2, -0.15) is 0 Å². The lowest BCUT2D eigenvalue weighted by atomic mass is 10.2. The van der Waals surface area contributed by atoms with E-state index < -0.39 is 9.84 Å². The number of aromatic nitrogens is 2. The zero-order chi connectivity index (χ0) is 25.0. The van der Waals surface area contributed by atoms with E-state index in [0.717, 1.165) is 21.3 Å². The van der Waals surface area contributed by atoms with E-state index in [1.165, 1.54) is 30.6 Å². The molecular formula is C25H24ClN3O4S2. The summed E-state index contributed by atoms with van der Waals surface area (Å²) in [4.78, 5) is 24.0. The summed E-state index contributed by atoms with van der Waals surface area (Å²) in [6.45, 7) is 2.22. The van der Waals surface area contributed by atoms with Crippen molar-refractivity contribution in [3.63, 3.8) is 0 Å². The summed E-state index contributed by atoms with van der Waals surface area (Å²) in [6, 6.07) is 13.6. The lowest BCUT2D eigenvalue weighted by Gasteiger charge is -2.20. The van der Waals surface area contributed by atoms with E-state index in [-0.39, 0.29) is 35.9 Å². The zero-order valence-corrected chi connectivity index (χ0v) is 21.7. The molecule has 0 saturated carbocycles. The number of pyridine rings is 1. The molecule has 10 heteroatoms. The van der Waals surface area contributed by atoms with Crippen molar-refractivity contribution in [2.75, 3.05) is 17.8 Å². The van der Waals surface area contributed by atoms with Crippen LogP contribution in [0.15, 0.2) is 65.8 Å². The molecule has 4 rings (SSSR count). The summed E-state index contributed by atoms with van der Waals surface area (Å²) in [7, 11) is -2.01. The Morgan fingerprint density at radius 2 is 1.91 bits per heavy atom. The van der Waals surface area contributed by atoms with E-state index in [1.54, 1.807) is 35.5 Å². The monoisotopic (exact) mass is 529 g/mol. The van der Waals surface area contributed by atoms with Crippen molar-refractivity contribution in [1.82, 2.24) is 9.97 Å². The molecule has 0 N–H and O–H groups in total. The first-order valence-electron chi connectivity index (χ1n) is 10.9. The summed E-state index contributed by atoms with van der Waals surface area (Å²) in [6.07, 6.45) is 3.60. The molecule has 0 bridgehead atoms. The molecule has 0 radical (unpaired) electrons. The molecule has 0 aliphatic rings. The highest BCUT2D eigenvalue weighted by atomic mass is 35.5. The number of halogens is 1. The lowest BCUT2D eigenvalue weighted by Crippen LogP contribution is -2.30. The topological polar surface area (TPSA) is 89.5 Å². The largest absolute Gasteiger partial charge is 0.497 e. The van der Waals surface area contributed by atoms with Crippen LogP contribution in [0.1, 0.15) is 24.0 Å². The first-order valence-corrected chi connectivity index (χ1v) is 13.7. The van der Waals surface area contributed by atoms with Crippen LogP contribution in [0.5, 0.6) is 5.75 Å². The Hall–Kier alpha value is -3.01. The van der Waals surface area contributed by atoms with Gasteiger partial charge in [0.2, 0.25) is 5.91 Å². The van der Waals surface area contributed by atoms with Gasteiger partial charge in [-0.1, -0.05) is 35.1 Å². The number of thiazole rings is 1. The van der Waals surface area contributed by atoms with Gasteiger partial charge in [-0.15, -0.1) is 0 Å². The van der Waals surface area contributed by atoms with Crippen molar-refractivity contribution in [3.8, 4) is 5.75 Å². The second-order valence-electron chi connectivity index (χ2n) is 7.98. The Bertz CT molecular complexity index is 1400. The fourth-order valence-electron chi connectivity index (χ4n) is 3.59. The van der Waals surface area contributed by atoms with Gasteiger partial charge in [0.05, 0.1) is 39.5 Å². The predicted octanol–water partition coefficient (Wildman–Crippen LogP) is 5.45. The minimum absolute atomic E-state index is 0.0539. The molecule has 182 valence electrons. The number of hydrogen-bond acceptors (Lipinski definition) is 7. The molecule has 2 heterocycles. The molecule has 0 aliphatic heterocycles. The van der Waals surface area contributed by atoms with Gasteiger partial charge in [0, 0.05) is 18.8 Å². The fraction of sp³-hybridized carbons (Fsp3) is 0.240. The Morgan fingerprint density at radius 1 is 1.14 bits per heavy atom. The number of anilines is 1. The number of fused-ring (bicyclic) bond motifs is 1. The maximum atomic E-state index is 13.3. The number of amides is 1. The first-order chi connectivity index (χ1) is 16.8. The smallest absolute Gasteiger partial charge is 0.229 e. The summed E-state index contributed by atoms with van der Waals surface area (Å²) in [5.41, 5.74) is 2.56. The highest BCUT2D eigenvalue weighted by Crippen LogP contribution is 2.36. The maximum absolute atomic E-state index is 13.3.